The Kier molecular flexibility index (Phi) is 2.84. The summed E-state index contributed by atoms with van der Waals surface area (Å²) in [5.74, 6) is -0.151. The highest BCUT2D eigenvalue weighted by Crippen LogP contribution is 2.31. The number of Topliss-reactive ketones (excluding diaryl/α,β-unsaturated/α-hetero) is 1. The number of benzene rings is 1. The molecule has 0 spiro atoms. The molecule has 1 atom stereocenters. The predicted molar refractivity (Wildman–Crippen MR) is 67.1 cm³/mol. The summed E-state index contributed by atoms with van der Waals surface area (Å²) in [7, 11) is 0. The average molecular weight is 266 g/mol. The maximum Gasteiger partial charge on any atom is 0.228 e. The molecule has 1 fully saturated rings. The van der Waals surface area contributed by atoms with Crippen LogP contribution in [0, 0.1) is 0 Å². The number of rotatable bonds is 2. The molecule has 2 aliphatic rings. The van der Waals surface area contributed by atoms with E-state index < -0.39 is 0 Å². The molecule has 0 bridgehead atoms. The van der Waals surface area contributed by atoms with Crippen LogP contribution in [0.25, 0.3) is 0 Å². The van der Waals surface area contributed by atoms with E-state index >= 15 is 0 Å². The molecule has 1 amide bonds. The van der Waals surface area contributed by atoms with Crippen LogP contribution >= 0.6 is 11.6 Å². The van der Waals surface area contributed by atoms with Gasteiger partial charge >= 0.3 is 0 Å². The van der Waals surface area contributed by atoms with Gasteiger partial charge in [-0.15, -0.1) is 0 Å². The smallest absolute Gasteiger partial charge is 0.228 e. The van der Waals surface area contributed by atoms with Gasteiger partial charge in [-0.25, -0.2) is 0 Å². The van der Waals surface area contributed by atoms with Gasteiger partial charge in [0.2, 0.25) is 5.91 Å². The molecule has 1 saturated heterocycles. The quantitative estimate of drug-likeness (QED) is 0.834. The van der Waals surface area contributed by atoms with E-state index in [1.165, 1.54) is 0 Å². The van der Waals surface area contributed by atoms with Gasteiger partial charge in [0.05, 0.1) is 11.4 Å². The zero-order valence-electron chi connectivity index (χ0n) is 9.66. The number of halogens is 1. The molecule has 3 rings (SSSR count). The number of ketones is 1. The van der Waals surface area contributed by atoms with E-state index in [2.05, 4.69) is 5.32 Å². The molecule has 1 aromatic carbocycles. The lowest BCUT2D eigenvalue weighted by Crippen LogP contribution is -2.20. The lowest BCUT2D eigenvalue weighted by molar-refractivity contribution is -0.115. The summed E-state index contributed by atoms with van der Waals surface area (Å²) in [5, 5.41) is 3.08. The van der Waals surface area contributed by atoms with E-state index in [1.54, 1.807) is 12.1 Å². The summed E-state index contributed by atoms with van der Waals surface area (Å²) in [4.78, 5) is 23.5. The Morgan fingerprint density at radius 2 is 2.28 bits per heavy atom. The summed E-state index contributed by atoms with van der Waals surface area (Å²) in [6.07, 6.45) is 1.56. The number of anilines is 1. The van der Waals surface area contributed by atoms with Gasteiger partial charge in [-0.3, -0.25) is 9.59 Å². The average Bonchev–Trinajstić information content (AvgIpc) is 2.94. The third-order valence-electron chi connectivity index (χ3n) is 3.31. The summed E-state index contributed by atoms with van der Waals surface area (Å²) < 4.78 is 5.37. The number of amides is 1. The SMILES string of the molecule is O=C1Cc2cc(C(=O)C3CCCO3)c(Cl)cc2N1. The lowest BCUT2D eigenvalue weighted by Gasteiger charge is -2.11. The first kappa shape index (κ1) is 11.7. The van der Waals surface area contributed by atoms with Gasteiger partial charge in [0, 0.05) is 17.9 Å². The van der Waals surface area contributed by atoms with E-state index in [1.807, 2.05) is 0 Å². The minimum atomic E-state index is -0.384. The van der Waals surface area contributed by atoms with Crippen LogP contribution in [0.5, 0.6) is 0 Å². The van der Waals surface area contributed by atoms with Gasteiger partial charge < -0.3 is 10.1 Å². The molecule has 1 N–H and O–H groups in total. The van der Waals surface area contributed by atoms with E-state index in [0.29, 0.717) is 29.3 Å². The van der Waals surface area contributed by atoms with Crippen molar-refractivity contribution in [2.45, 2.75) is 25.4 Å². The normalized spacial score (nSPS) is 21.8. The van der Waals surface area contributed by atoms with Crippen molar-refractivity contribution in [3.05, 3.63) is 28.3 Å². The number of fused-ring (bicyclic) bond motifs is 1. The van der Waals surface area contributed by atoms with Crippen molar-refractivity contribution in [2.24, 2.45) is 0 Å². The van der Waals surface area contributed by atoms with E-state index in [9.17, 15) is 9.59 Å². The monoisotopic (exact) mass is 265 g/mol. The number of carbonyl (C=O) groups excluding carboxylic acids is 2. The predicted octanol–water partition coefficient (Wildman–Crippen LogP) is 2.20. The molecule has 0 saturated carbocycles. The topological polar surface area (TPSA) is 55.4 Å². The maximum atomic E-state index is 12.2. The van der Waals surface area contributed by atoms with E-state index in [0.717, 1.165) is 18.4 Å². The second-order valence-electron chi connectivity index (χ2n) is 4.58. The van der Waals surface area contributed by atoms with E-state index in [-0.39, 0.29) is 17.8 Å². The Morgan fingerprint density at radius 1 is 1.44 bits per heavy atom. The summed E-state index contributed by atoms with van der Waals surface area (Å²) >= 11 is 6.10. The second-order valence-corrected chi connectivity index (χ2v) is 4.99. The van der Waals surface area contributed by atoms with Crippen LogP contribution in [-0.2, 0) is 16.0 Å². The van der Waals surface area contributed by atoms with E-state index in [4.69, 9.17) is 16.3 Å². The molecule has 1 unspecified atom stereocenters. The van der Waals surface area contributed by atoms with Crippen LogP contribution < -0.4 is 5.32 Å². The minimum absolute atomic E-state index is 0.0669. The van der Waals surface area contributed by atoms with Crippen LogP contribution in [-0.4, -0.2) is 24.4 Å². The number of nitrogens with one attached hydrogen (secondary N) is 1. The molecule has 2 aliphatic heterocycles. The van der Waals surface area contributed by atoms with Crippen LogP contribution in [0.3, 0.4) is 0 Å². The van der Waals surface area contributed by atoms with Crippen LogP contribution in [0.4, 0.5) is 5.69 Å². The highest BCUT2D eigenvalue weighted by atomic mass is 35.5. The van der Waals surface area contributed by atoms with Crippen molar-refractivity contribution >= 4 is 29.0 Å². The summed E-state index contributed by atoms with van der Waals surface area (Å²) in [6, 6.07) is 3.35. The molecule has 0 aliphatic carbocycles. The molecular formula is C13H12ClNO3. The van der Waals surface area contributed by atoms with Crippen molar-refractivity contribution in [1.29, 1.82) is 0 Å². The first-order valence-corrected chi connectivity index (χ1v) is 6.31. The number of carbonyl (C=O) groups is 2. The first-order chi connectivity index (χ1) is 8.65. The van der Waals surface area contributed by atoms with Gasteiger partial charge in [-0.2, -0.15) is 0 Å². The highest BCUT2D eigenvalue weighted by Gasteiger charge is 2.28. The first-order valence-electron chi connectivity index (χ1n) is 5.93. The van der Waals surface area contributed by atoms with Crippen molar-refractivity contribution in [3.63, 3.8) is 0 Å². The molecule has 0 aromatic heterocycles. The number of hydrogen-bond acceptors (Lipinski definition) is 3. The maximum absolute atomic E-state index is 12.2. The minimum Gasteiger partial charge on any atom is -0.370 e. The molecule has 0 radical (unpaired) electrons. The summed E-state index contributed by atoms with van der Waals surface area (Å²) in [5.41, 5.74) is 1.98. The van der Waals surface area contributed by atoms with Gasteiger partial charge in [0.15, 0.2) is 5.78 Å². The Labute approximate surface area is 109 Å². The molecule has 4 nitrogen and oxygen atoms in total. The fourth-order valence-electron chi connectivity index (χ4n) is 2.39. The third-order valence-corrected chi connectivity index (χ3v) is 3.62. The molecule has 1 aromatic rings. The Balaban J connectivity index is 1.95. The van der Waals surface area contributed by atoms with Gasteiger partial charge in [0.25, 0.3) is 0 Å². The third kappa shape index (κ3) is 1.91. The standard InChI is InChI=1S/C13H12ClNO3/c14-9-6-10-7(5-12(16)15-10)4-8(9)13(17)11-2-1-3-18-11/h4,6,11H,1-3,5H2,(H,15,16). The van der Waals surface area contributed by atoms with Crippen molar-refractivity contribution in [1.82, 2.24) is 0 Å². The fourth-order valence-corrected chi connectivity index (χ4v) is 2.65. The zero-order valence-corrected chi connectivity index (χ0v) is 10.4. The molecule has 5 heteroatoms. The number of hydrogen-bond donors (Lipinski definition) is 1. The van der Waals surface area contributed by atoms with Crippen molar-refractivity contribution in [3.8, 4) is 0 Å². The Bertz CT molecular complexity index is 535. The van der Waals surface area contributed by atoms with Crippen LogP contribution in [0.2, 0.25) is 5.02 Å². The summed E-state index contributed by atoms with van der Waals surface area (Å²) in [6.45, 7) is 0.624. The largest absolute Gasteiger partial charge is 0.370 e. The van der Waals surface area contributed by atoms with Gasteiger partial charge in [-0.05, 0) is 30.5 Å². The molecule has 94 valence electrons. The molecular weight excluding hydrogens is 254 g/mol. The fraction of sp³-hybridized carbons (Fsp3) is 0.385. The van der Waals surface area contributed by atoms with Crippen molar-refractivity contribution in [2.75, 3.05) is 11.9 Å². The van der Waals surface area contributed by atoms with Gasteiger partial charge in [0.1, 0.15) is 6.10 Å². The van der Waals surface area contributed by atoms with Gasteiger partial charge in [-0.1, -0.05) is 11.6 Å². The van der Waals surface area contributed by atoms with Crippen molar-refractivity contribution < 1.29 is 14.3 Å². The Morgan fingerprint density at radius 3 is 3.00 bits per heavy atom. The lowest BCUT2D eigenvalue weighted by atomic mass is 10.0. The molecule has 18 heavy (non-hydrogen) atoms. The van der Waals surface area contributed by atoms with Crippen LogP contribution in [0.1, 0.15) is 28.8 Å². The zero-order chi connectivity index (χ0) is 12.7. The second kappa shape index (κ2) is 4.37. The highest BCUT2D eigenvalue weighted by molar-refractivity contribution is 6.34. The molecule has 2 heterocycles. The Hall–Kier alpha value is -1.39. The van der Waals surface area contributed by atoms with Crippen LogP contribution in [0.15, 0.2) is 12.1 Å². The number of ether oxygens (including phenoxy) is 1.